The van der Waals surface area contributed by atoms with Gasteiger partial charge in [-0.3, -0.25) is 0 Å². The highest BCUT2D eigenvalue weighted by Gasteiger charge is 2.03. The predicted octanol–water partition coefficient (Wildman–Crippen LogP) is 3.93. The van der Waals surface area contributed by atoms with Crippen LogP contribution in [0.4, 0.5) is 0 Å². The number of furan rings is 1. The van der Waals surface area contributed by atoms with E-state index in [2.05, 4.69) is 0 Å². The molecule has 4 nitrogen and oxygen atoms in total. The van der Waals surface area contributed by atoms with Gasteiger partial charge in [0.2, 0.25) is 0 Å². The minimum Gasteiger partial charge on any atom is -0.478 e. The van der Waals surface area contributed by atoms with Crippen LogP contribution in [-0.2, 0) is 0 Å². The summed E-state index contributed by atoms with van der Waals surface area (Å²) in [5, 5.41) is 17.8. The standard InChI is InChI=1S/C9H6O3.C4H10O.C2H6/c10-9(11)7-1-2-8-6(5-7)3-4-12-8;1-3-4(2)5;1-2/h1-5H,(H,10,11);4-5H,3H2,1-2H3;1-2H3. The van der Waals surface area contributed by atoms with Crippen LogP contribution in [0, 0.1) is 0 Å². The lowest BCUT2D eigenvalue weighted by Gasteiger charge is -1.92. The van der Waals surface area contributed by atoms with Gasteiger partial charge >= 0.3 is 5.97 Å². The summed E-state index contributed by atoms with van der Waals surface area (Å²) in [6.07, 6.45) is 2.28. The average Bonchev–Trinajstić information content (AvgIpc) is 2.88. The number of carboxylic acid groups (broad SMARTS) is 1. The zero-order valence-electron chi connectivity index (χ0n) is 11.9. The number of hydrogen-bond acceptors (Lipinski definition) is 3. The van der Waals surface area contributed by atoms with Gasteiger partial charge in [-0.1, -0.05) is 20.8 Å². The van der Waals surface area contributed by atoms with Crippen molar-refractivity contribution in [3.05, 3.63) is 36.1 Å². The summed E-state index contributed by atoms with van der Waals surface area (Å²) in [6.45, 7) is 7.73. The number of aliphatic hydroxyl groups is 1. The van der Waals surface area contributed by atoms with E-state index in [1.165, 1.54) is 12.3 Å². The summed E-state index contributed by atoms with van der Waals surface area (Å²) in [6, 6.07) is 6.50. The fourth-order valence-electron chi connectivity index (χ4n) is 1.10. The number of aromatic carboxylic acids is 1. The van der Waals surface area contributed by atoms with Crippen LogP contribution in [0.2, 0.25) is 0 Å². The normalized spacial score (nSPS) is 10.8. The molecule has 0 bridgehead atoms. The summed E-state index contributed by atoms with van der Waals surface area (Å²) in [7, 11) is 0. The van der Waals surface area contributed by atoms with Gasteiger partial charge < -0.3 is 14.6 Å². The highest BCUT2D eigenvalue weighted by Crippen LogP contribution is 2.16. The molecule has 4 heteroatoms. The van der Waals surface area contributed by atoms with Gasteiger partial charge in [0.15, 0.2) is 0 Å². The van der Waals surface area contributed by atoms with Crippen LogP contribution >= 0.6 is 0 Å². The van der Waals surface area contributed by atoms with E-state index in [4.69, 9.17) is 14.6 Å². The van der Waals surface area contributed by atoms with Crippen LogP contribution in [0.1, 0.15) is 44.5 Å². The molecule has 1 atom stereocenters. The second-order valence-corrected chi connectivity index (χ2v) is 3.74. The minimum absolute atomic E-state index is 0.116. The molecule has 106 valence electrons. The third-order valence-corrected chi connectivity index (χ3v) is 2.29. The molecule has 0 saturated carbocycles. The van der Waals surface area contributed by atoms with Crippen LogP contribution in [0.5, 0.6) is 0 Å². The van der Waals surface area contributed by atoms with E-state index >= 15 is 0 Å². The summed E-state index contributed by atoms with van der Waals surface area (Å²) in [5.74, 6) is -0.918. The number of hydrogen-bond donors (Lipinski definition) is 2. The third-order valence-electron chi connectivity index (χ3n) is 2.29. The molecular weight excluding hydrogens is 244 g/mol. The molecule has 0 amide bonds. The lowest BCUT2D eigenvalue weighted by Crippen LogP contribution is -1.94. The number of rotatable bonds is 2. The van der Waals surface area contributed by atoms with E-state index in [0.29, 0.717) is 5.58 Å². The Morgan fingerprint density at radius 3 is 2.37 bits per heavy atom. The molecule has 0 saturated heterocycles. The Balaban J connectivity index is 0.000000396. The van der Waals surface area contributed by atoms with E-state index in [0.717, 1.165) is 11.8 Å². The Labute approximate surface area is 113 Å². The van der Waals surface area contributed by atoms with Gasteiger partial charge in [0.05, 0.1) is 17.9 Å². The van der Waals surface area contributed by atoms with Crippen molar-refractivity contribution in [2.75, 3.05) is 0 Å². The Morgan fingerprint density at radius 2 is 1.89 bits per heavy atom. The van der Waals surface area contributed by atoms with E-state index in [-0.39, 0.29) is 11.7 Å². The van der Waals surface area contributed by atoms with Gasteiger partial charge in [0.25, 0.3) is 0 Å². The molecule has 0 fully saturated rings. The Kier molecular flexibility index (Phi) is 8.29. The molecule has 2 aromatic rings. The third kappa shape index (κ3) is 6.06. The number of carboxylic acids is 1. The van der Waals surface area contributed by atoms with E-state index in [1.54, 1.807) is 25.1 Å². The van der Waals surface area contributed by atoms with Crippen LogP contribution < -0.4 is 0 Å². The highest BCUT2D eigenvalue weighted by molar-refractivity contribution is 5.92. The maximum atomic E-state index is 10.5. The largest absolute Gasteiger partial charge is 0.478 e. The molecule has 0 spiro atoms. The molecule has 0 aliphatic carbocycles. The molecule has 2 rings (SSSR count). The zero-order valence-corrected chi connectivity index (χ0v) is 11.9. The van der Waals surface area contributed by atoms with Crippen molar-refractivity contribution in [2.24, 2.45) is 0 Å². The number of benzene rings is 1. The molecule has 0 aliphatic heterocycles. The molecule has 2 N–H and O–H groups in total. The molecule has 1 aromatic heterocycles. The van der Waals surface area contributed by atoms with Crippen molar-refractivity contribution in [3.63, 3.8) is 0 Å². The molecule has 19 heavy (non-hydrogen) atoms. The first kappa shape index (κ1) is 17.2. The molecule has 1 heterocycles. The number of fused-ring (bicyclic) bond motifs is 1. The van der Waals surface area contributed by atoms with Gasteiger partial charge in [0.1, 0.15) is 5.58 Å². The highest BCUT2D eigenvalue weighted by atomic mass is 16.4. The SMILES string of the molecule is CC.CCC(C)O.O=C(O)c1ccc2occc2c1. The van der Waals surface area contributed by atoms with Crippen molar-refractivity contribution in [1.82, 2.24) is 0 Å². The summed E-state index contributed by atoms with van der Waals surface area (Å²) < 4.78 is 5.06. The van der Waals surface area contributed by atoms with E-state index in [9.17, 15) is 4.79 Å². The number of aliphatic hydroxyl groups excluding tert-OH is 1. The van der Waals surface area contributed by atoms with Gasteiger partial charge in [-0.25, -0.2) is 4.79 Å². The van der Waals surface area contributed by atoms with Crippen molar-refractivity contribution in [2.45, 2.75) is 40.2 Å². The van der Waals surface area contributed by atoms with Gasteiger partial charge in [-0.2, -0.15) is 0 Å². The lowest BCUT2D eigenvalue weighted by molar-refractivity contribution is 0.0697. The maximum absolute atomic E-state index is 10.5. The Bertz CT molecular complexity index is 486. The second-order valence-electron chi connectivity index (χ2n) is 3.74. The van der Waals surface area contributed by atoms with E-state index < -0.39 is 5.97 Å². The average molecular weight is 266 g/mol. The van der Waals surface area contributed by atoms with Crippen molar-refractivity contribution in [1.29, 1.82) is 0 Å². The summed E-state index contributed by atoms with van der Waals surface area (Å²) >= 11 is 0. The van der Waals surface area contributed by atoms with Crippen molar-refractivity contribution < 1.29 is 19.4 Å². The Morgan fingerprint density at radius 1 is 1.32 bits per heavy atom. The molecule has 0 radical (unpaired) electrons. The van der Waals surface area contributed by atoms with Gasteiger partial charge in [-0.15, -0.1) is 0 Å². The van der Waals surface area contributed by atoms with Crippen LogP contribution in [-0.4, -0.2) is 22.3 Å². The zero-order chi connectivity index (χ0) is 14.8. The van der Waals surface area contributed by atoms with Gasteiger partial charge in [0, 0.05) is 5.39 Å². The minimum atomic E-state index is -0.918. The van der Waals surface area contributed by atoms with Crippen LogP contribution in [0.3, 0.4) is 0 Å². The molecule has 1 aromatic carbocycles. The fourth-order valence-corrected chi connectivity index (χ4v) is 1.10. The van der Waals surface area contributed by atoms with Crippen LogP contribution in [0.25, 0.3) is 11.0 Å². The van der Waals surface area contributed by atoms with Gasteiger partial charge in [-0.05, 0) is 37.6 Å². The van der Waals surface area contributed by atoms with Crippen molar-refractivity contribution >= 4 is 16.9 Å². The number of carbonyl (C=O) groups is 1. The first-order valence-electron chi connectivity index (χ1n) is 6.43. The summed E-state index contributed by atoms with van der Waals surface area (Å²) in [5.41, 5.74) is 0.990. The topological polar surface area (TPSA) is 70.7 Å². The first-order valence-corrected chi connectivity index (χ1v) is 6.43. The maximum Gasteiger partial charge on any atom is 0.335 e. The molecule has 0 aliphatic rings. The molecular formula is C15H22O4. The van der Waals surface area contributed by atoms with Crippen LogP contribution in [0.15, 0.2) is 34.9 Å². The quantitative estimate of drug-likeness (QED) is 0.863. The fraction of sp³-hybridized carbons (Fsp3) is 0.400. The van der Waals surface area contributed by atoms with Crippen molar-refractivity contribution in [3.8, 4) is 0 Å². The molecule has 1 unspecified atom stereocenters. The second kappa shape index (κ2) is 9.16. The lowest BCUT2D eigenvalue weighted by atomic mass is 10.2. The Hall–Kier alpha value is -1.81. The predicted molar refractivity (Wildman–Crippen MR) is 76.5 cm³/mol. The van der Waals surface area contributed by atoms with E-state index in [1.807, 2.05) is 20.8 Å². The smallest absolute Gasteiger partial charge is 0.335 e. The monoisotopic (exact) mass is 266 g/mol. The summed E-state index contributed by atoms with van der Waals surface area (Å²) in [4.78, 5) is 10.5. The first-order chi connectivity index (χ1) is 9.04.